The van der Waals surface area contributed by atoms with E-state index in [0.717, 1.165) is 42.7 Å². The van der Waals surface area contributed by atoms with E-state index in [1.54, 1.807) is 31.2 Å². The molecule has 214 valence electrons. The van der Waals surface area contributed by atoms with Gasteiger partial charge in [-0.3, -0.25) is 13.9 Å². The summed E-state index contributed by atoms with van der Waals surface area (Å²) >= 11 is 12.5. The Bertz CT molecular complexity index is 1280. The molecule has 0 radical (unpaired) electrons. The van der Waals surface area contributed by atoms with Crippen LogP contribution in [0.3, 0.4) is 0 Å². The first-order valence-corrected chi connectivity index (χ1v) is 15.3. The van der Waals surface area contributed by atoms with Gasteiger partial charge in [0.2, 0.25) is 21.8 Å². The molecule has 39 heavy (non-hydrogen) atoms. The Morgan fingerprint density at radius 3 is 2.33 bits per heavy atom. The molecule has 1 saturated carbocycles. The van der Waals surface area contributed by atoms with Gasteiger partial charge in [0, 0.05) is 28.7 Å². The molecule has 3 rings (SSSR count). The summed E-state index contributed by atoms with van der Waals surface area (Å²) in [5.41, 5.74) is 0.734. The van der Waals surface area contributed by atoms with Crippen LogP contribution in [0.1, 0.15) is 44.6 Å². The standard InChI is InChI=1S/C27H35Cl2N3O6S/c1-18(27(34)30-21-8-6-5-7-9-21)31(16-19-10-11-20(28)14-23(19)29)26(33)17-32(39(4,35)36)24-13-12-22(37-2)15-25(24)38-3/h10-15,18,21H,5-9,16-17H2,1-4H3,(H,30,34). The fourth-order valence-corrected chi connectivity index (χ4v) is 5.89. The molecule has 9 nitrogen and oxygen atoms in total. The van der Waals surface area contributed by atoms with Gasteiger partial charge in [-0.25, -0.2) is 8.42 Å². The van der Waals surface area contributed by atoms with Gasteiger partial charge in [-0.2, -0.15) is 0 Å². The molecule has 12 heteroatoms. The quantitative estimate of drug-likeness (QED) is 0.403. The van der Waals surface area contributed by atoms with Gasteiger partial charge in [0.1, 0.15) is 24.1 Å². The molecule has 1 aliphatic rings. The van der Waals surface area contributed by atoms with Crippen LogP contribution < -0.4 is 19.1 Å². The second-order valence-corrected chi connectivity index (χ2v) is 12.3. The van der Waals surface area contributed by atoms with Gasteiger partial charge in [-0.1, -0.05) is 48.5 Å². The lowest BCUT2D eigenvalue weighted by molar-refractivity contribution is -0.139. The Balaban J connectivity index is 1.95. The number of rotatable bonds is 11. The maximum atomic E-state index is 13.8. The molecule has 1 fully saturated rings. The second kappa shape index (κ2) is 13.6. The lowest BCUT2D eigenvalue weighted by Crippen LogP contribution is -2.53. The van der Waals surface area contributed by atoms with Crippen LogP contribution in [0.5, 0.6) is 11.5 Å². The number of amides is 2. The highest BCUT2D eigenvalue weighted by Crippen LogP contribution is 2.34. The molecule has 0 spiro atoms. The number of nitrogens with one attached hydrogen (secondary N) is 1. The normalized spacial score (nSPS) is 14.8. The van der Waals surface area contributed by atoms with Crippen LogP contribution in [0.25, 0.3) is 0 Å². The summed E-state index contributed by atoms with van der Waals surface area (Å²) in [7, 11) is -1.06. The smallest absolute Gasteiger partial charge is 0.244 e. The minimum atomic E-state index is -3.93. The van der Waals surface area contributed by atoms with E-state index in [-0.39, 0.29) is 29.9 Å². The van der Waals surface area contributed by atoms with Crippen LogP contribution in [0.4, 0.5) is 5.69 Å². The molecule has 0 aromatic heterocycles. The highest BCUT2D eigenvalue weighted by molar-refractivity contribution is 7.92. The maximum Gasteiger partial charge on any atom is 0.244 e. The second-order valence-electron chi connectivity index (χ2n) is 9.58. The summed E-state index contributed by atoms with van der Waals surface area (Å²) in [5.74, 6) is -0.228. The number of hydrogen-bond donors (Lipinski definition) is 1. The Morgan fingerprint density at radius 2 is 1.74 bits per heavy atom. The average molecular weight is 601 g/mol. The van der Waals surface area contributed by atoms with Crippen LogP contribution >= 0.6 is 23.2 Å². The number of methoxy groups -OCH3 is 2. The number of halogens is 2. The lowest BCUT2D eigenvalue weighted by atomic mass is 9.95. The van der Waals surface area contributed by atoms with Crippen molar-refractivity contribution in [1.82, 2.24) is 10.2 Å². The van der Waals surface area contributed by atoms with Crippen molar-refractivity contribution >= 4 is 50.7 Å². The fourth-order valence-electron chi connectivity index (χ4n) is 4.57. The molecule has 1 atom stereocenters. The molecule has 0 heterocycles. The molecule has 0 saturated heterocycles. The number of sulfonamides is 1. The largest absolute Gasteiger partial charge is 0.497 e. The van der Waals surface area contributed by atoms with Gasteiger partial charge >= 0.3 is 0 Å². The van der Waals surface area contributed by atoms with Gasteiger partial charge < -0.3 is 19.7 Å². The van der Waals surface area contributed by atoms with Crippen LogP contribution in [0, 0.1) is 0 Å². The van der Waals surface area contributed by atoms with Crippen molar-refractivity contribution in [3.05, 3.63) is 52.0 Å². The van der Waals surface area contributed by atoms with E-state index in [2.05, 4.69) is 5.32 Å². The Hall–Kier alpha value is -2.69. The summed E-state index contributed by atoms with van der Waals surface area (Å²) in [6, 6.07) is 8.63. The van der Waals surface area contributed by atoms with E-state index in [9.17, 15) is 18.0 Å². The monoisotopic (exact) mass is 599 g/mol. The number of carbonyl (C=O) groups is 2. The molecule has 1 unspecified atom stereocenters. The Morgan fingerprint density at radius 1 is 1.05 bits per heavy atom. The molecule has 2 aromatic carbocycles. The molecule has 0 bridgehead atoms. The van der Waals surface area contributed by atoms with Gasteiger partial charge in [-0.05, 0) is 49.6 Å². The third-order valence-corrected chi connectivity index (χ3v) is 8.52. The van der Waals surface area contributed by atoms with Crippen LogP contribution in [-0.2, 0) is 26.2 Å². The van der Waals surface area contributed by atoms with Gasteiger partial charge in [0.25, 0.3) is 0 Å². The third-order valence-electron chi connectivity index (χ3n) is 6.81. The molecule has 0 aliphatic heterocycles. The molecular formula is C27H35Cl2N3O6S. The summed E-state index contributed by atoms with van der Waals surface area (Å²) in [6.45, 7) is 1.04. The molecule has 2 amide bonds. The van der Waals surface area contributed by atoms with Crippen molar-refractivity contribution in [3.8, 4) is 11.5 Å². The first kappa shape index (κ1) is 30.8. The zero-order valence-electron chi connectivity index (χ0n) is 22.6. The molecule has 2 aromatic rings. The van der Waals surface area contributed by atoms with Gasteiger partial charge in [-0.15, -0.1) is 0 Å². The highest BCUT2D eigenvalue weighted by Gasteiger charge is 2.32. The zero-order valence-corrected chi connectivity index (χ0v) is 24.9. The average Bonchev–Trinajstić information content (AvgIpc) is 2.90. The van der Waals surface area contributed by atoms with E-state index in [1.807, 2.05) is 0 Å². The summed E-state index contributed by atoms with van der Waals surface area (Å²) < 4.78 is 37.3. The fraction of sp³-hybridized carbons (Fsp3) is 0.481. The Labute approximate surface area is 240 Å². The Kier molecular flexibility index (Phi) is 10.7. The predicted octanol–water partition coefficient (Wildman–Crippen LogP) is 4.64. The lowest BCUT2D eigenvalue weighted by Gasteiger charge is -2.33. The SMILES string of the molecule is COc1ccc(N(CC(=O)N(Cc2ccc(Cl)cc2Cl)C(C)C(=O)NC2CCCCC2)S(C)(=O)=O)c(OC)c1. The van der Waals surface area contributed by atoms with Crippen LogP contribution in [0.2, 0.25) is 10.0 Å². The van der Waals surface area contributed by atoms with Gasteiger partial charge in [0.05, 0.1) is 26.2 Å². The van der Waals surface area contributed by atoms with Crippen LogP contribution in [-0.4, -0.2) is 64.2 Å². The third kappa shape index (κ3) is 8.16. The molecule has 1 N–H and O–H groups in total. The summed E-state index contributed by atoms with van der Waals surface area (Å²) in [6.07, 6.45) is 5.98. The topological polar surface area (TPSA) is 105 Å². The van der Waals surface area contributed by atoms with Crippen molar-refractivity contribution in [2.24, 2.45) is 0 Å². The van der Waals surface area contributed by atoms with Crippen LogP contribution in [0.15, 0.2) is 36.4 Å². The van der Waals surface area contributed by atoms with E-state index in [0.29, 0.717) is 21.4 Å². The first-order valence-electron chi connectivity index (χ1n) is 12.7. The number of benzene rings is 2. The number of carbonyl (C=O) groups excluding carboxylic acids is 2. The van der Waals surface area contributed by atoms with Crippen molar-refractivity contribution in [3.63, 3.8) is 0 Å². The number of anilines is 1. The van der Waals surface area contributed by atoms with Crippen molar-refractivity contribution in [1.29, 1.82) is 0 Å². The maximum absolute atomic E-state index is 13.8. The minimum Gasteiger partial charge on any atom is -0.497 e. The summed E-state index contributed by atoms with van der Waals surface area (Å²) in [5, 5.41) is 3.82. The predicted molar refractivity (Wildman–Crippen MR) is 153 cm³/mol. The number of hydrogen-bond acceptors (Lipinski definition) is 6. The van der Waals surface area contributed by atoms with Gasteiger partial charge in [0.15, 0.2) is 0 Å². The minimum absolute atomic E-state index is 0.0224. The molecule has 1 aliphatic carbocycles. The number of nitrogens with zero attached hydrogens (tertiary/aromatic N) is 2. The van der Waals surface area contributed by atoms with E-state index < -0.39 is 28.5 Å². The van der Waals surface area contributed by atoms with Crippen molar-refractivity contribution in [2.45, 2.75) is 57.7 Å². The highest BCUT2D eigenvalue weighted by atomic mass is 35.5. The summed E-state index contributed by atoms with van der Waals surface area (Å²) in [4.78, 5) is 28.4. The molecular weight excluding hydrogens is 565 g/mol. The van der Waals surface area contributed by atoms with Crippen molar-refractivity contribution in [2.75, 3.05) is 31.3 Å². The van der Waals surface area contributed by atoms with E-state index in [1.165, 1.54) is 31.3 Å². The van der Waals surface area contributed by atoms with E-state index >= 15 is 0 Å². The van der Waals surface area contributed by atoms with E-state index in [4.69, 9.17) is 32.7 Å². The number of ether oxygens (including phenoxy) is 2. The zero-order chi connectivity index (χ0) is 28.7. The first-order chi connectivity index (χ1) is 18.4. The van der Waals surface area contributed by atoms with Crippen molar-refractivity contribution < 1.29 is 27.5 Å².